The minimum absolute atomic E-state index is 0.183. The Morgan fingerprint density at radius 3 is 2.08 bits per heavy atom. The zero-order valence-corrected chi connectivity index (χ0v) is 8.23. The van der Waals surface area contributed by atoms with Crippen LogP contribution in [-0.2, 0) is 4.74 Å². The van der Waals surface area contributed by atoms with Gasteiger partial charge in [0.15, 0.2) is 0 Å². The maximum Gasteiger partial charge on any atom is 0.410 e. The molecule has 2 rings (SSSR count). The Morgan fingerprint density at radius 1 is 1.23 bits per heavy atom. The van der Waals surface area contributed by atoms with Crippen LogP contribution in [0.2, 0.25) is 0 Å². The molecule has 1 aliphatic carbocycles. The standard InChI is InChI=1S/C10H15NO2/c1-6-4-5-7(2)9-8(6)11(9)10(12)13-3/h4-9H,1-3H3/t6-,7-,8+,9+/m0/s1. The molecule has 1 aliphatic heterocycles. The molecule has 0 unspecified atom stereocenters. The number of fused-ring (bicyclic) bond motifs is 1. The van der Waals surface area contributed by atoms with Crippen molar-refractivity contribution in [3.63, 3.8) is 0 Å². The van der Waals surface area contributed by atoms with Crippen molar-refractivity contribution >= 4 is 6.09 Å². The summed E-state index contributed by atoms with van der Waals surface area (Å²) in [5.74, 6) is 0.945. The van der Waals surface area contributed by atoms with Crippen molar-refractivity contribution in [1.29, 1.82) is 0 Å². The second-order valence-corrected chi connectivity index (χ2v) is 3.96. The highest BCUT2D eigenvalue weighted by atomic mass is 16.5. The van der Waals surface area contributed by atoms with E-state index < -0.39 is 0 Å². The Kier molecular flexibility index (Phi) is 1.82. The molecule has 0 spiro atoms. The number of methoxy groups -OCH3 is 1. The highest BCUT2D eigenvalue weighted by Crippen LogP contribution is 2.43. The van der Waals surface area contributed by atoms with Crippen molar-refractivity contribution < 1.29 is 9.53 Å². The van der Waals surface area contributed by atoms with Gasteiger partial charge in [-0.3, -0.25) is 4.90 Å². The maximum atomic E-state index is 11.3. The van der Waals surface area contributed by atoms with Crippen LogP contribution < -0.4 is 0 Å². The number of ether oxygens (including phenoxy) is 1. The number of carbonyl (C=O) groups is 1. The molecule has 0 aromatic carbocycles. The summed E-state index contributed by atoms with van der Waals surface area (Å²) in [5, 5.41) is 0. The van der Waals surface area contributed by atoms with Gasteiger partial charge in [-0.15, -0.1) is 0 Å². The summed E-state index contributed by atoms with van der Waals surface area (Å²) in [7, 11) is 1.44. The summed E-state index contributed by atoms with van der Waals surface area (Å²) < 4.78 is 4.72. The normalized spacial score (nSPS) is 41.3. The monoisotopic (exact) mass is 181 g/mol. The maximum absolute atomic E-state index is 11.3. The van der Waals surface area contributed by atoms with E-state index in [0.29, 0.717) is 23.9 Å². The van der Waals surface area contributed by atoms with E-state index in [1.807, 2.05) is 4.90 Å². The topological polar surface area (TPSA) is 29.3 Å². The van der Waals surface area contributed by atoms with Gasteiger partial charge in [0.1, 0.15) is 0 Å². The van der Waals surface area contributed by atoms with Crippen LogP contribution in [0.4, 0.5) is 4.79 Å². The van der Waals surface area contributed by atoms with Gasteiger partial charge < -0.3 is 4.74 Å². The lowest BCUT2D eigenvalue weighted by molar-refractivity contribution is 0.148. The molecule has 0 radical (unpaired) electrons. The molecule has 1 amide bonds. The van der Waals surface area contributed by atoms with E-state index in [0.717, 1.165) is 0 Å². The van der Waals surface area contributed by atoms with Crippen molar-refractivity contribution in [2.24, 2.45) is 11.8 Å². The largest absolute Gasteiger partial charge is 0.453 e. The predicted molar refractivity (Wildman–Crippen MR) is 49.3 cm³/mol. The van der Waals surface area contributed by atoms with Crippen molar-refractivity contribution in [2.75, 3.05) is 7.11 Å². The molecule has 13 heavy (non-hydrogen) atoms. The molecular formula is C10H15NO2. The van der Waals surface area contributed by atoms with Crippen LogP contribution in [0, 0.1) is 11.8 Å². The van der Waals surface area contributed by atoms with Gasteiger partial charge >= 0.3 is 6.09 Å². The lowest BCUT2D eigenvalue weighted by Gasteiger charge is -2.11. The van der Waals surface area contributed by atoms with E-state index in [2.05, 4.69) is 26.0 Å². The van der Waals surface area contributed by atoms with Gasteiger partial charge in [0.05, 0.1) is 19.2 Å². The molecular weight excluding hydrogens is 166 g/mol. The van der Waals surface area contributed by atoms with Crippen molar-refractivity contribution in [2.45, 2.75) is 25.9 Å². The van der Waals surface area contributed by atoms with Crippen LogP contribution in [0.1, 0.15) is 13.8 Å². The average molecular weight is 181 g/mol. The second kappa shape index (κ2) is 2.76. The zero-order valence-electron chi connectivity index (χ0n) is 8.23. The highest BCUT2D eigenvalue weighted by Gasteiger charge is 2.57. The first-order valence-electron chi connectivity index (χ1n) is 4.71. The summed E-state index contributed by atoms with van der Waals surface area (Å²) in [6.07, 6.45) is 4.20. The highest BCUT2D eigenvalue weighted by molar-refractivity contribution is 5.72. The van der Waals surface area contributed by atoms with Crippen LogP contribution in [0.5, 0.6) is 0 Å². The molecule has 72 valence electrons. The Balaban J connectivity index is 2.11. The fourth-order valence-electron chi connectivity index (χ4n) is 2.32. The molecule has 1 saturated heterocycles. The Morgan fingerprint density at radius 2 is 1.69 bits per heavy atom. The summed E-state index contributed by atoms with van der Waals surface area (Å²) in [6.45, 7) is 4.28. The lowest BCUT2D eigenvalue weighted by Crippen LogP contribution is -2.16. The van der Waals surface area contributed by atoms with Crippen LogP contribution in [0.3, 0.4) is 0 Å². The summed E-state index contributed by atoms with van der Waals surface area (Å²) in [4.78, 5) is 13.2. The van der Waals surface area contributed by atoms with E-state index in [-0.39, 0.29) is 6.09 Å². The molecule has 2 aliphatic rings. The number of rotatable bonds is 0. The Labute approximate surface area is 78.4 Å². The summed E-state index contributed by atoms with van der Waals surface area (Å²) >= 11 is 0. The van der Waals surface area contributed by atoms with Crippen LogP contribution >= 0.6 is 0 Å². The third kappa shape index (κ3) is 1.14. The third-order valence-electron chi connectivity index (χ3n) is 3.08. The van der Waals surface area contributed by atoms with Gasteiger partial charge in [-0.1, -0.05) is 26.0 Å². The number of nitrogens with zero attached hydrogens (tertiary/aromatic N) is 1. The van der Waals surface area contributed by atoms with Gasteiger partial charge in [0, 0.05) is 0 Å². The average Bonchev–Trinajstić information content (AvgIpc) is 2.86. The van der Waals surface area contributed by atoms with E-state index in [4.69, 9.17) is 4.74 Å². The van der Waals surface area contributed by atoms with Crippen molar-refractivity contribution in [3.8, 4) is 0 Å². The third-order valence-corrected chi connectivity index (χ3v) is 3.08. The summed E-state index contributed by atoms with van der Waals surface area (Å²) in [6, 6.07) is 0.764. The van der Waals surface area contributed by atoms with E-state index in [9.17, 15) is 4.79 Å². The van der Waals surface area contributed by atoms with Gasteiger partial charge in [0.25, 0.3) is 0 Å². The molecule has 1 fully saturated rings. The molecule has 0 N–H and O–H groups in total. The molecule has 0 bridgehead atoms. The quantitative estimate of drug-likeness (QED) is 0.420. The molecule has 1 heterocycles. The van der Waals surface area contributed by atoms with Gasteiger partial charge in [-0.05, 0) is 11.8 Å². The minimum Gasteiger partial charge on any atom is -0.453 e. The molecule has 3 heteroatoms. The van der Waals surface area contributed by atoms with Crippen LogP contribution in [-0.4, -0.2) is 30.2 Å². The molecule has 4 atom stereocenters. The van der Waals surface area contributed by atoms with Gasteiger partial charge in [-0.2, -0.15) is 0 Å². The molecule has 3 nitrogen and oxygen atoms in total. The minimum atomic E-state index is -0.183. The fraction of sp³-hybridized carbons (Fsp3) is 0.700. The first-order chi connectivity index (χ1) is 6.16. The first-order valence-corrected chi connectivity index (χ1v) is 4.71. The first kappa shape index (κ1) is 8.60. The van der Waals surface area contributed by atoms with Gasteiger partial charge in [-0.25, -0.2) is 4.79 Å². The van der Waals surface area contributed by atoms with Crippen LogP contribution in [0.15, 0.2) is 12.2 Å². The van der Waals surface area contributed by atoms with Gasteiger partial charge in [0.2, 0.25) is 0 Å². The SMILES string of the molecule is COC(=O)N1[C@H]2[C@H]1[C@@H](C)C=C[C@@H]2C. The number of amides is 1. The van der Waals surface area contributed by atoms with E-state index in [1.54, 1.807) is 0 Å². The number of hydrogen-bond donors (Lipinski definition) is 0. The lowest BCUT2D eigenvalue weighted by atomic mass is 9.91. The molecule has 0 saturated carbocycles. The fourth-order valence-corrected chi connectivity index (χ4v) is 2.32. The summed E-state index contributed by atoms with van der Waals surface area (Å²) in [5.41, 5.74) is 0. The van der Waals surface area contributed by atoms with E-state index in [1.165, 1.54) is 7.11 Å². The van der Waals surface area contributed by atoms with E-state index >= 15 is 0 Å². The van der Waals surface area contributed by atoms with Crippen molar-refractivity contribution in [1.82, 2.24) is 4.90 Å². The van der Waals surface area contributed by atoms with Crippen molar-refractivity contribution in [3.05, 3.63) is 12.2 Å². The zero-order chi connectivity index (χ0) is 9.59. The second-order valence-electron chi connectivity index (χ2n) is 3.96. The Hall–Kier alpha value is -0.990. The van der Waals surface area contributed by atoms with Crippen LogP contribution in [0.25, 0.3) is 0 Å². The number of carbonyl (C=O) groups excluding carboxylic acids is 1. The predicted octanol–water partition coefficient (Wildman–Crippen LogP) is 1.65. The number of hydrogen-bond acceptors (Lipinski definition) is 2. The molecule has 0 aromatic heterocycles. The Bertz CT molecular complexity index is 244. The molecule has 0 aromatic rings. The smallest absolute Gasteiger partial charge is 0.410 e.